The first kappa shape index (κ1) is 111. The van der Waals surface area contributed by atoms with E-state index < -0.39 is 203 Å². The van der Waals surface area contributed by atoms with Gasteiger partial charge in [-0.15, -0.1) is 0 Å². The highest BCUT2D eigenvalue weighted by atomic mass is 16.3. The van der Waals surface area contributed by atoms with Gasteiger partial charge in [-0.2, -0.15) is 0 Å². The van der Waals surface area contributed by atoms with E-state index in [4.69, 9.17) is 0 Å². The fourth-order valence-electron chi connectivity index (χ4n) is 16.3. The second kappa shape index (κ2) is 53.2. The van der Waals surface area contributed by atoms with Gasteiger partial charge in [0.15, 0.2) is 0 Å². The third kappa shape index (κ3) is 33.4. The molecule has 0 fully saturated rings. The zero-order valence-corrected chi connectivity index (χ0v) is 83.3. The number of hydrogen-bond donors (Lipinski definition) is 21. The number of aromatic hydroxyl groups is 1. The molecule has 3 heterocycles. The highest BCUT2D eigenvalue weighted by Crippen LogP contribution is 2.26. The molecule has 0 spiro atoms. The summed E-state index contributed by atoms with van der Waals surface area (Å²) in [5, 5.41) is 66.3. The minimum atomic E-state index is -1.52. The molecular formula is C103H143N19O18. The number of aromatic amines is 3. The van der Waals surface area contributed by atoms with Crippen molar-refractivity contribution < 1.29 is 86.9 Å². The average Bonchev–Trinajstić information content (AvgIpc) is 1.69. The minimum absolute atomic E-state index is 0.0124. The Morgan fingerprint density at radius 3 is 0.943 bits per heavy atom. The zero-order chi connectivity index (χ0) is 103. The maximum absolute atomic E-state index is 15.4. The molecule has 8 aromatic rings. The van der Waals surface area contributed by atoms with Crippen LogP contribution in [0.2, 0.25) is 0 Å². The Kier molecular flexibility index (Phi) is 42.3. The lowest BCUT2D eigenvalue weighted by molar-refractivity contribution is -0.137. The van der Waals surface area contributed by atoms with E-state index in [2.05, 4.69) is 100 Å². The van der Waals surface area contributed by atoms with E-state index in [0.717, 1.165) is 27.4 Å². The highest BCUT2D eigenvalue weighted by Gasteiger charge is 2.41. The first-order chi connectivity index (χ1) is 66.3. The van der Waals surface area contributed by atoms with Gasteiger partial charge in [0.2, 0.25) is 88.6 Å². The normalized spacial score (nSPS) is 14.6. The summed E-state index contributed by atoms with van der Waals surface area (Å²) < 4.78 is 0. The molecule has 758 valence electrons. The molecular weight excluding hydrogens is 1790 g/mol. The number of carbonyl (C=O) groups is 16. The Morgan fingerprint density at radius 1 is 0.279 bits per heavy atom. The molecule has 0 radical (unpaired) electrons. The van der Waals surface area contributed by atoms with Crippen LogP contribution in [0.3, 0.4) is 0 Å². The Labute approximate surface area is 817 Å². The molecule has 0 aliphatic heterocycles. The Bertz CT molecular complexity index is 5590. The summed E-state index contributed by atoms with van der Waals surface area (Å²) in [4.78, 5) is 241. The molecule has 0 saturated heterocycles. The number of H-pyrrole nitrogens is 3. The van der Waals surface area contributed by atoms with Crippen LogP contribution in [-0.2, 0) is 97.6 Å². The van der Waals surface area contributed by atoms with Crippen molar-refractivity contribution in [3.63, 3.8) is 0 Å². The lowest BCUT2D eigenvalue weighted by atomic mass is 9.97. The van der Waals surface area contributed by atoms with Crippen molar-refractivity contribution in [2.24, 2.45) is 47.3 Å². The van der Waals surface area contributed by atoms with Crippen molar-refractivity contribution in [3.8, 4) is 5.75 Å². The smallest absolute Gasteiger partial charge is 0.251 e. The van der Waals surface area contributed by atoms with E-state index in [0.29, 0.717) is 33.2 Å². The maximum atomic E-state index is 15.4. The van der Waals surface area contributed by atoms with Crippen molar-refractivity contribution >= 4 is 127 Å². The van der Waals surface area contributed by atoms with E-state index in [1.807, 2.05) is 88.4 Å². The summed E-state index contributed by atoms with van der Waals surface area (Å²) in [6.45, 7) is 29.6. The van der Waals surface area contributed by atoms with E-state index in [1.165, 1.54) is 38.1 Å². The van der Waals surface area contributed by atoms with Crippen LogP contribution in [0.4, 0.5) is 0 Å². The molecule has 14 atom stereocenters. The first-order valence-electron chi connectivity index (χ1n) is 48.2. The Hall–Kier alpha value is -14.0. The topological polar surface area (TPSA) is 553 Å². The van der Waals surface area contributed by atoms with Gasteiger partial charge in [-0.25, -0.2) is 0 Å². The first-order valence-corrected chi connectivity index (χ1v) is 48.2. The maximum Gasteiger partial charge on any atom is 0.251 e. The molecule has 3 aromatic heterocycles. The van der Waals surface area contributed by atoms with Crippen LogP contribution < -0.4 is 85.1 Å². The largest absolute Gasteiger partial charge is 0.508 e. The third-order valence-corrected chi connectivity index (χ3v) is 23.9. The predicted octanol–water partition coefficient (Wildman–Crippen LogP) is 5.28. The summed E-state index contributed by atoms with van der Waals surface area (Å²) in [7, 11) is 0. The summed E-state index contributed by atoms with van der Waals surface area (Å²) in [5.74, 6) is -15.6. The predicted molar refractivity (Wildman–Crippen MR) is 532 cm³/mol. The number of hydrogen-bond acceptors (Lipinski definition) is 18. The number of benzene rings is 5. The number of aliphatic hydroxyl groups excluding tert-OH is 1. The summed E-state index contributed by atoms with van der Waals surface area (Å²) in [5.41, 5.74) is 4.91. The third-order valence-electron chi connectivity index (χ3n) is 23.9. The Balaban J connectivity index is 0.968. The Morgan fingerprint density at radius 2 is 0.571 bits per heavy atom. The lowest BCUT2D eigenvalue weighted by Crippen LogP contribution is -2.62. The summed E-state index contributed by atoms with van der Waals surface area (Å²) in [6, 6.07) is 17.6. The molecule has 0 unspecified atom stereocenters. The van der Waals surface area contributed by atoms with E-state index in [1.54, 1.807) is 144 Å². The fourth-order valence-corrected chi connectivity index (χ4v) is 16.3. The number of fused-ring (bicyclic) bond motifs is 3. The number of aliphatic hydroxyl groups is 1. The molecule has 0 bridgehead atoms. The van der Waals surface area contributed by atoms with Crippen LogP contribution >= 0.6 is 0 Å². The quantitative estimate of drug-likeness (QED) is 0.0230. The zero-order valence-electron chi connectivity index (χ0n) is 83.3. The average molecular weight is 1940 g/mol. The van der Waals surface area contributed by atoms with Crippen molar-refractivity contribution in [1.82, 2.24) is 100 Å². The number of aromatic nitrogens is 3. The number of carbonyl (C=O) groups excluding carboxylic acids is 16. The molecule has 16 amide bonds. The number of phenols is 1. The van der Waals surface area contributed by atoms with Gasteiger partial charge in [0.25, 0.3) is 5.91 Å². The number of amides is 16. The molecule has 0 aliphatic carbocycles. The van der Waals surface area contributed by atoms with Gasteiger partial charge in [0.1, 0.15) is 90.3 Å². The van der Waals surface area contributed by atoms with E-state index in [-0.39, 0.29) is 99.9 Å². The summed E-state index contributed by atoms with van der Waals surface area (Å²) >= 11 is 0. The summed E-state index contributed by atoms with van der Waals surface area (Å²) in [6.07, 6.45) is 4.72. The van der Waals surface area contributed by atoms with Gasteiger partial charge in [-0.1, -0.05) is 196 Å². The van der Waals surface area contributed by atoms with Crippen LogP contribution in [0.5, 0.6) is 5.75 Å². The van der Waals surface area contributed by atoms with Crippen LogP contribution in [0.1, 0.15) is 183 Å². The van der Waals surface area contributed by atoms with Crippen molar-refractivity contribution in [3.05, 3.63) is 174 Å². The van der Waals surface area contributed by atoms with Crippen LogP contribution in [0, 0.1) is 47.3 Å². The van der Waals surface area contributed by atoms with Gasteiger partial charge in [0.05, 0.1) is 13.2 Å². The van der Waals surface area contributed by atoms with Crippen LogP contribution in [0.25, 0.3) is 32.7 Å². The molecule has 5 aromatic carbocycles. The van der Waals surface area contributed by atoms with Crippen molar-refractivity contribution in [2.45, 2.75) is 261 Å². The fraction of sp³-hybridized carbons (Fsp3) is 0.495. The van der Waals surface area contributed by atoms with Gasteiger partial charge in [-0.05, 0) is 152 Å². The van der Waals surface area contributed by atoms with Crippen LogP contribution in [-0.4, -0.2) is 224 Å². The van der Waals surface area contributed by atoms with E-state index >= 15 is 28.8 Å². The number of phenolic OH excluding ortho intramolecular Hbond substituents is 1. The lowest BCUT2D eigenvalue weighted by Gasteiger charge is -2.31. The van der Waals surface area contributed by atoms with Gasteiger partial charge < -0.3 is 110 Å². The molecule has 8 rings (SSSR count). The molecule has 0 saturated carbocycles. The molecule has 0 aliphatic rings. The van der Waals surface area contributed by atoms with Gasteiger partial charge >= 0.3 is 0 Å². The number of nitrogens with one attached hydrogen (secondary N) is 19. The second-order valence-corrected chi connectivity index (χ2v) is 39.1. The molecule has 37 heteroatoms. The molecule has 37 nitrogen and oxygen atoms in total. The SMILES string of the molecule is CC(C)C[C@@H](NC(=O)[C@H](C)NC(=O)CNC(=O)[C@@H](NC(=O)c1ccccc1)C(C)C)C(=O)N[C@@H](C)C(=O)N[C@@H](C(=O)N[C@H](C(=O)N[C@@H](C(=O)N[C@@H](Cc1c[nH]c2ccccc12)C(=O)N[C@H](CC(C)C)C(=O)N[C@@H](Cc1ccc(O)cc1)C(=O)N[C@H](CC(C)C)C(=O)N[C@@H](Cc1c[nH]c2ccccc12)C(=O)N[C@H](CC(C)C)C(=O)N[C@@H](Cc1c[nH]c2ccccc12)C(=O)NCCO)C(C)C)C(C)C)C(C)C. The second-order valence-electron chi connectivity index (χ2n) is 39.1. The van der Waals surface area contributed by atoms with Crippen molar-refractivity contribution in [1.29, 1.82) is 0 Å². The minimum Gasteiger partial charge on any atom is -0.508 e. The molecule has 140 heavy (non-hydrogen) atoms. The standard InChI is InChI=1S/C103H143N19O18/c1-54(2)42-76(111-89(126)62(17)109-84(125)53-108-100(137)85(58(9)10)120-91(128)65-28-20-19-21-29-65)93(130)110-63(18)90(127)119-87(60(13)14)102(139)122-88(61(15)16)103(140)121-86(59(11)12)101(138)118-83(49-68-52-107-75-35-27-24-32-72(68)75)99(136)114-77(43-55(3)4)94(131)115-80(46-64-36-38-69(124)39-37-64)97(134)112-79(45-57(7)8)96(133)117-82(48-67-51-106-74-34-26-23-31-71(67)74)98(135)113-78(44-56(5)6)95(132)116-81(92(129)104-40-41-123)47-66-50-105-73-33-25-22-30-70(66)73/h19-39,50-52,54-63,76-83,85-88,105-107,123-124H,40-49,53H2,1-18H3,(H,104,129)(H,108,137)(H,109,125)(H,110,130)(H,111,126)(H,112,134)(H,113,135)(H,114,136)(H,115,131)(H,116,132)(H,117,133)(H,118,138)(H,119,127)(H,120,128)(H,121,140)(H,122,139)/t62-,63-,76+,77+,78+,79+,80-,81-,82-,83-,85-,86+,87+,88-/m0/s1. The monoisotopic (exact) mass is 1930 g/mol. The van der Waals surface area contributed by atoms with E-state index in [9.17, 15) is 58.2 Å². The number of para-hydroxylation sites is 3. The van der Waals surface area contributed by atoms with Crippen molar-refractivity contribution in [2.75, 3.05) is 19.7 Å². The number of rotatable bonds is 53. The van der Waals surface area contributed by atoms with Gasteiger partial charge in [-0.3, -0.25) is 76.7 Å². The molecule has 21 N–H and O–H groups in total. The highest BCUT2D eigenvalue weighted by molar-refractivity contribution is 6.03. The van der Waals surface area contributed by atoms with Gasteiger partial charge in [0, 0.05) is 89.1 Å². The van der Waals surface area contributed by atoms with Crippen LogP contribution in [0.15, 0.2) is 146 Å².